The molecule has 10 heteroatoms. The van der Waals surface area contributed by atoms with Crippen molar-refractivity contribution in [3.63, 3.8) is 0 Å². The number of pyridine rings is 1. The molecule has 1 N–H and O–H groups in total. The van der Waals surface area contributed by atoms with Gasteiger partial charge in [-0.1, -0.05) is 30.3 Å². The Labute approximate surface area is 187 Å². The molecule has 0 saturated carbocycles. The molecule has 0 aliphatic rings. The number of hydrogen-bond acceptors (Lipinski definition) is 5. The number of aromatic nitrogens is 3. The lowest BCUT2D eigenvalue weighted by molar-refractivity contribution is -0.141. The van der Waals surface area contributed by atoms with E-state index in [9.17, 15) is 26.1 Å². The topological polar surface area (TPSA) is 93.0 Å². The number of alkyl halides is 3. The molecular weight excluding hydrogens is 455 g/mol. The Hall–Kier alpha value is -3.63. The number of halogens is 3. The number of nitrogens with zero attached hydrogens (tertiary/aromatic N) is 3. The van der Waals surface area contributed by atoms with E-state index >= 15 is 0 Å². The van der Waals surface area contributed by atoms with Crippen molar-refractivity contribution < 1.29 is 26.1 Å². The fourth-order valence-corrected chi connectivity index (χ4v) is 3.76. The van der Waals surface area contributed by atoms with Gasteiger partial charge in [0.15, 0.2) is 5.82 Å². The zero-order valence-corrected chi connectivity index (χ0v) is 17.9. The first kappa shape index (κ1) is 22.6. The molecule has 0 aliphatic carbocycles. The Bertz CT molecular complexity index is 1440. The van der Waals surface area contributed by atoms with E-state index in [1.807, 2.05) is 0 Å². The third-order valence-corrected chi connectivity index (χ3v) is 5.64. The van der Waals surface area contributed by atoms with Gasteiger partial charge in [0, 0.05) is 23.0 Å². The minimum absolute atomic E-state index is 0.228. The Balaban J connectivity index is 1.73. The van der Waals surface area contributed by atoms with Crippen molar-refractivity contribution in [2.45, 2.75) is 18.0 Å². The van der Waals surface area contributed by atoms with Crippen molar-refractivity contribution in [1.82, 2.24) is 15.0 Å². The third-order valence-electron chi connectivity index (χ3n) is 4.79. The molecule has 2 aromatic carbocycles. The van der Waals surface area contributed by atoms with Gasteiger partial charge in [0.1, 0.15) is 5.69 Å². The van der Waals surface area contributed by atoms with Crippen LogP contribution >= 0.6 is 0 Å². The Morgan fingerprint density at radius 3 is 2.12 bits per heavy atom. The van der Waals surface area contributed by atoms with Gasteiger partial charge in [-0.15, -0.1) is 0 Å². The summed E-state index contributed by atoms with van der Waals surface area (Å²) in [5.74, 6) is 0.345. The number of aryl methyl sites for hydroxylation is 1. The second-order valence-electron chi connectivity index (χ2n) is 7.23. The van der Waals surface area contributed by atoms with Crippen LogP contribution in [0.25, 0.3) is 33.8 Å². The maximum absolute atomic E-state index is 12.8. The fraction of sp³-hybridized carbons (Fsp3) is 0.0870. The molecule has 0 radical (unpaired) electrons. The van der Waals surface area contributed by atoms with Gasteiger partial charge in [-0.25, -0.2) is 9.97 Å². The second-order valence-corrected chi connectivity index (χ2v) is 8.65. The maximum Gasteiger partial charge on any atom is 0.433 e. The van der Waals surface area contributed by atoms with Crippen molar-refractivity contribution in [1.29, 1.82) is 0 Å². The van der Waals surface area contributed by atoms with Crippen molar-refractivity contribution in [2.24, 2.45) is 0 Å². The first-order valence-corrected chi connectivity index (χ1v) is 11.0. The lowest BCUT2D eigenvalue weighted by atomic mass is 10.0. The Kier molecular flexibility index (Phi) is 5.73. The Morgan fingerprint density at radius 1 is 0.818 bits per heavy atom. The summed E-state index contributed by atoms with van der Waals surface area (Å²) in [6, 6.07) is 16.7. The highest BCUT2D eigenvalue weighted by Crippen LogP contribution is 2.30. The van der Waals surface area contributed by atoms with E-state index in [0.29, 0.717) is 39.5 Å². The summed E-state index contributed by atoms with van der Waals surface area (Å²) >= 11 is 0. The SMILES string of the molecule is Cc1cc(-c2ccc(C(F)(F)F)nc2)nc(-c2cccc(-c3cccc(S(=O)(=O)O)c3)c2)n1. The fourth-order valence-electron chi connectivity index (χ4n) is 3.23. The quantitative estimate of drug-likeness (QED) is 0.398. The standard InChI is InChI=1S/C23H16F3N3O3S/c1-14-10-20(18-8-9-21(27-13-18)23(24,25)26)29-22(28-14)17-6-2-4-15(11-17)16-5-3-7-19(12-16)33(30,31)32/h2-13H,1H3,(H,30,31,32). The summed E-state index contributed by atoms with van der Waals surface area (Å²) in [7, 11) is -4.35. The average molecular weight is 471 g/mol. The highest BCUT2D eigenvalue weighted by Gasteiger charge is 2.32. The van der Waals surface area contributed by atoms with Gasteiger partial charge in [-0.05, 0) is 54.4 Å². The molecule has 0 atom stereocenters. The summed E-state index contributed by atoms with van der Waals surface area (Å²) in [4.78, 5) is 12.2. The van der Waals surface area contributed by atoms with Crippen molar-refractivity contribution in [3.8, 4) is 33.8 Å². The molecule has 2 aromatic heterocycles. The molecule has 6 nitrogen and oxygen atoms in total. The van der Waals surface area contributed by atoms with Gasteiger partial charge in [-0.2, -0.15) is 21.6 Å². The molecule has 4 aromatic rings. The smallest absolute Gasteiger partial charge is 0.282 e. The van der Waals surface area contributed by atoms with Crippen molar-refractivity contribution in [2.75, 3.05) is 0 Å². The molecule has 0 bridgehead atoms. The summed E-state index contributed by atoms with van der Waals surface area (Å²) < 4.78 is 70.6. The largest absolute Gasteiger partial charge is 0.433 e. The first-order valence-electron chi connectivity index (χ1n) is 9.58. The van der Waals surface area contributed by atoms with Crippen LogP contribution in [0.3, 0.4) is 0 Å². The zero-order valence-electron chi connectivity index (χ0n) is 17.1. The van der Waals surface area contributed by atoms with Gasteiger partial charge >= 0.3 is 6.18 Å². The minimum atomic E-state index is -4.53. The highest BCUT2D eigenvalue weighted by molar-refractivity contribution is 7.85. The number of hydrogen-bond donors (Lipinski definition) is 1. The van der Waals surface area contributed by atoms with Crippen LogP contribution in [0.5, 0.6) is 0 Å². The lowest BCUT2D eigenvalue weighted by Gasteiger charge is -2.10. The number of rotatable bonds is 4. The van der Waals surface area contributed by atoms with Crippen LogP contribution < -0.4 is 0 Å². The molecule has 0 unspecified atom stereocenters. The van der Waals surface area contributed by atoms with Crippen LogP contribution in [0.2, 0.25) is 0 Å². The average Bonchev–Trinajstić information content (AvgIpc) is 2.78. The zero-order chi connectivity index (χ0) is 23.8. The van der Waals surface area contributed by atoms with E-state index in [1.54, 1.807) is 43.3 Å². The number of benzene rings is 2. The van der Waals surface area contributed by atoms with Gasteiger partial charge in [0.05, 0.1) is 10.6 Å². The third kappa shape index (κ3) is 5.07. The van der Waals surface area contributed by atoms with E-state index in [2.05, 4.69) is 15.0 Å². The molecule has 168 valence electrons. The molecule has 2 heterocycles. The minimum Gasteiger partial charge on any atom is -0.282 e. The molecule has 33 heavy (non-hydrogen) atoms. The van der Waals surface area contributed by atoms with Crippen LogP contribution in [-0.4, -0.2) is 27.9 Å². The predicted molar refractivity (Wildman–Crippen MR) is 116 cm³/mol. The first-order chi connectivity index (χ1) is 15.5. The van der Waals surface area contributed by atoms with Gasteiger partial charge < -0.3 is 0 Å². The van der Waals surface area contributed by atoms with E-state index in [1.165, 1.54) is 24.3 Å². The van der Waals surface area contributed by atoms with Crippen LogP contribution in [0.1, 0.15) is 11.4 Å². The molecule has 0 spiro atoms. The van der Waals surface area contributed by atoms with Crippen LogP contribution in [0, 0.1) is 6.92 Å². The van der Waals surface area contributed by atoms with E-state index in [-0.39, 0.29) is 4.90 Å². The summed E-state index contributed by atoms with van der Waals surface area (Å²) in [6.07, 6.45) is -3.41. The molecular formula is C23H16F3N3O3S. The normalized spacial score (nSPS) is 12.0. The van der Waals surface area contributed by atoms with Crippen LogP contribution in [0.4, 0.5) is 13.2 Å². The predicted octanol–water partition coefficient (Wildman–Crippen LogP) is 5.45. The van der Waals surface area contributed by atoms with Crippen molar-refractivity contribution >= 4 is 10.1 Å². The summed E-state index contributed by atoms with van der Waals surface area (Å²) in [5.41, 5.74) is 2.29. The van der Waals surface area contributed by atoms with Crippen LogP contribution in [-0.2, 0) is 16.3 Å². The molecule has 0 amide bonds. The van der Waals surface area contributed by atoms with E-state index in [4.69, 9.17) is 0 Å². The second kappa shape index (κ2) is 8.38. The molecule has 0 aliphatic heterocycles. The van der Waals surface area contributed by atoms with Crippen LogP contribution in [0.15, 0.2) is 77.8 Å². The van der Waals surface area contributed by atoms with E-state index in [0.717, 1.165) is 12.3 Å². The maximum atomic E-state index is 12.8. The molecule has 0 fully saturated rings. The Morgan fingerprint density at radius 2 is 1.48 bits per heavy atom. The van der Waals surface area contributed by atoms with Crippen molar-refractivity contribution in [3.05, 3.63) is 84.3 Å². The summed E-state index contributed by atoms with van der Waals surface area (Å²) in [6.45, 7) is 1.74. The molecule has 0 saturated heterocycles. The van der Waals surface area contributed by atoms with E-state index < -0.39 is 22.0 Å². The monoisotopic (exact) mass is 471 g/mol. The lowest BCUT2D eigenvalue weighted by Crippen LogP contribution is -2.07. The highest BCUT2D eigenvalue weighted by atomic mass is 32.2. The summed E-state index contributed by atoms with van der Waals surface area (Å²) in [5, 5.41) is 0. The van der Waals surface area contributed by atoms with Gasteiger partial charge in [0.25, 0.3) is 10.1 Å². The molecule has 4 rings (SSSR count). The van der Waals surface area contributed by atoms with Gasteiger partial charge in [-0.3, -0.25) is 9.54 Å². The van der Waals surface area contributed by atoms with Gasteiger partial charge in [0.2, 0.25) is 0 Å².